The van der Waals surface area contributed by atoms with E-state index in [4.69, 9.17) is 11.6 Å². The van der Waals surface area contributed by atoms with Gasteiger partial charge in [-0.2, -0.15) is 0 Å². The lowest BCUT2D eigenvalue weighted by atomic mass is 9.95. The van der Waals surface area contributed by atoms with Crippen LogP contribution in [0.3, 0.4) is 0 Å². The molecule has 1 unspecified atom stereocenters. The minimum atomic E-state index is 0.311. The van der Waals surface area contributed by atoms with Gasteiger partial charge in [0.05, 0.1) is 12.7 Å². The first kappa shape index (κ1) is 16.1. The molecule has 0 saturated carbocycles. The average molecular weight is 306 g/mol. The minimum Gasteiger partial charge on any atom is -0.321 e. The molecule has 1 N–H and O–H groups in total. The molecule has 2 aromatic rings. The summed E-state index contributed by atoms with van der Waals surface area (Å²) in [6.07, 6.45) is 2.77. The summed E-state index contributed by atoms with van der Waals surface area (Å²) in [5, 5.41) is 4.27. The van der Waals surface area contributed by atoms with Crippen LogP contribution in [0, 0.1) is 5.92 Å². The number of benzene rings is 1. The molecule has 1 atom stereocenters. The second-order valence-corrected chi connectivity index (χ2v) is 6.14. The smallest absolute Gasteiger partial charge is 0.128 e. The van der Waals surface area contributed by atoms with E-state index in [2.05, 4.69) is 55.3 Å². The van der Waals surface area contributed by atoms with Gasteiger partial charge in [-0.1, -0.05) is 56.6 Å². The van der Waals surface area contributed by atoms with Gasteiger partial charge in [-0.3, -0.25) is 0 Å². The largest absolute Gasteiger partial charge is 0.321 e. The van der Waals surface area contributed by atoms with Crippen molar-refractivity contribution in [1.29, 1.82) is 0 Å². The van der Waals surface area contributed by atoms with E-state index in [0.717, 1.165) is 12.2 Å². The lowest BCUT2D eigenvalue weighted by Gasteiger charge is -2.23. The molecule has 0 radical (unpaired) electrons. The van der Waals surface area contributed by atoms with Crippen molar-refractivity contribution in [3.05, 3.63) is 52.6 Å². The predicted octanol–water partition coefficient (Wildman–Crippen LogP) is 4.12. The predicted molar refractivity (Wildman–Crippen MR) is 88.5 cm³/mol. The van der Waals surface area contributed by atoms with Gasteiger partial charge in [0.1, 0.15) is 11.0 Å². The maximum Gasteiger partial charge on any atom is 0.128 e. The molecule has 1 aromatic heterocycles. The fourth-order valence-electron chi connectivity index (χ4n) is 2.49. The zero-order valence-corrected chi connectivity index (χ0v) is 14.0. The lowest BCUT2D eigenvalue weighted by Crippen LogP contribution is -2.26. The van der Waals surface area contributed by atoms with Gasteiger partial charge in [0.15, 0.2) is 0 Å². The van der Waals surface area contributed by atoms with E-state index in [0.29, 0.717) is 23.7 Å². The molecule has 0 bridgehead atoms. The summed E-state index contributed by atoms with van der Waals surface area (Å²) in [6, 6.07) is 9.18. The number of aryl methyl sites for hydroxylation is 1. The monoisotopic (exact) mass is 305 g/mol. The summed E-state index contributed by atoms with van der Waals surface area (Å²) in [5.41, 5.74) is 2.69. The van der Waals surface area contributed by atoms with E-state index in [1.807, 2.05) is 11.6 Å². The Bertz CT molecular complexity index is 572. The maximum atomic E-state index is 6.03. The average Bonchev–Trinajstić information content (AvgIpc) is 2.80. The van der Waals surface area contributed by atoms with E-state index in [1.165, 1.54) is 11.1 Å². The Hall–Kier alpha value is -1.32. The molecule has 0 aliphatic rings. The molecule has 0 saturated heterocycles. The van der Waals surface area contributed by atoms with Crippen LogP contribution in [0.25, 0.3) is 0 Å². The number of aromatic nitrogens is 2. The van der Waals surface area contributed by atoms with Gasteiger partial charge in [-0.05, 0) is 23.5 Å². The molecule has 0 fully saturated rings. The van der Waals surface area contributed by atoms with Crippen LogP contribution in [0.15, 0.2) is 30.5 Å². The van der Waals surface area contributed by atoms with Crippen molar-refractivity contribution in [3.63, 3.8) is 0 Å². The number of rotatable bonds is 6. The van der Waals surface area contributed by atoms with Crippen molar-refractivity contribution in [2.75, 3.05) is 0 Å². The number of halogens is 1. The van der Waals surface area contributed by atoms with Crippen molar-refractivity contribution in [3.8, 4) is 0 Å². The van der Waals surface area contributed by atoms with Crippen LogP contribution >= 0.6 is 11.6 Å². The van der Waals surface area contributed by atoms with Crippen LogP contribution in [0.2, 0.25) is 5.15 Å². The van der Waals surface area contributed by atoms with E-state index >= 15 is 0 Å². The third kappa shape index (κ3) is 3.86. The van der Waals surface area contributed by atoms with Gasteiger partial charge in [0.2, 0.25) is 0 Å². The summed E-state index contributed by atoms with van der Waals surface area (Å²) in [5.74, 6) is 1.46. The highest BCUT2D eigenvalue weighted by molar-refractivity contribution is 6.29. The maximum absolute atomic E-state index is 6.03. The molecule has 1 heterocycles. The fourth-order valence-corrected chi connectivity index (χ4v) is 2.64. The zero-order chi connectivity index (χ0) is 15.4. The van der Waals surface area contributed by atoms with Crippen LogP contribution < -0.4 is 5.32 Å². The first-order valence-electron chi connectivity index (χ1n) is 7.51. The third-order valence-electron chi connectivity index (χ3n) is 3.92. The number of imidazole rings is 1. The number of hydrogen-bond donors (Lipinski definition) is 1. The van der Waals surface area contributed by atoms with Crippen molar-refractivity contribution >= 4 is 11.6 Å². The van der Waals surface area contributed by atoms with Gasteiger partial charge < -0.3 is 9.88 Å². The van der Waals surface area contributed by atoms with Crippen molar-refractivity contribution in [1.82, 2.24) is 14.9 Å². The van der Waals surface area contributed by atoms with Gasteiger partial charge in [-0.15, -0.1) is 0 Å². The highest BCUT2D eigenvalue weighted by Gasteiger charge is 2.16. The molecule has 0 amide bonds. The molecule has 114 valence electrons. The SMILES string of the molecule is CCc1ccc(C(NCc2ncc(Cl)n2C)C(C)C)cc1. The Labute approximate surface area is 132 Å². The van der Waals surface area contributed by atoms with Gasteiger partial charge in [0.25, 0.3) is 0 Å². The Kier molecular flexibility index (Phi) is 5.43. The normalized spacial score (nSPS) is 12.9. The van der Waals surface area contributed by atoms with Crippen LogP contribution in [0.1, 0.15) is 43.8 Å². The van der Waals surface area contributed by atoms with E-state index in [9.17, 15) is 0 Å². The fraction of sp³-hybridized carbons (Fsp3) is 0.471. The third-order valence-corrected chi connectivity index (χ3v) is 4.27. The first-order valence-corrected chi connectivity index (χ1v) is 7.89. The Morgan fingerprint density at radius 1 is 1.24 bits per heavy atom. The lowest BCUT2D eigenvalue weighted by molar-refractivity contribution is 0.403. The van der Waals surface area contributed by atoms with E-state index in [-0.39, 0.29) is 0 Å². The molecule has 4 heteroatoms. The van der Waals surface area contributed by atoms with Gasteiger partial charge in [0, 0.05) is 13.1 Å². The summed E-state index contributed by atoms with van der Waals surface area (Å²) in [7, 11) is 1.94. The van der Waals surface area contributed by atoms with E-state index < -0.39 is 0 Å². The van der Waals surface area contributed by atoms with Crippen molar-refractivity contribution < 1.29 is 0 Å². The second-order valence-electron chi connectivity index (χ2n) is 5.75. The highest BCUT2D eigenvalue weighted by atomic mass is 35.5. The Balaban J connectivity index is 2.10. The number of hydrogen-bond acceptors (Lipinski definition) is 2. The molecule has 21 heavy (non-hydrogen) atoms. The van der Waals surface area contributed by atoms with Crippen LogP contribution in [-0.4, -0.2) is 9.55 Å². The zero-order valence-electron chi connectivity index (χ0n) is 13.2. The summed E-state index contributed by atoms with van der Waals surface area (Å²) >= 11 is 6.03. The minimum absolute atomic E-state index is 0.311. The topological polar surface area (TPSA) is 29.9 Å². The Morgan fingerprint density at radius 2 is 1.90 bits per heavy atom. The molecular weight excluding hydrogens is 282 g/mol. The number of nitrogens with one attached hydrogen (secondary N) is 1. The van der Waals surface area contributed by atoms with Crippen molar-refractivity contribution in [2.24, 2.45) is 13.0 Å². The standard InChI is InChI=1S/C17H24ClN3/c1-5-13-6-8-14(9-7-13)17(12(2)3)20-11-16-19-10-15(18)21(16)4/h6-10,12,17,20H,5,11H2,1-4H3. The highest BCUT2D eigenvalue weighted by Crippen LogP contribution is 2.23. The number of nitrogens with zero attached hydrogens (tertiary/aromatic N) is 2. The quantitative estimate of drug-likeness (QED) is 0.870. The molecule has 0 spiro atoms. The van der Waals surface area contributed by atoms with Crippen LogP contribution in [-0.2, 0) is 20.0 Å². The first-order chi connectivity index (χ1) is 10.0. The van der Waals surface area contributed by atoms with Gasteiger partial charge >= 0.3 is 0 Å². The summed E-state index contributed by atoms with van der Waals surface area (Å²) in [4.78, 5) is 4.34. The molecular formula is C17H24ClN3. The van der Waals surface area contributed by atoms with Gasteiger partial charge in [-0.25, -0.2) is 4.98 Å². The van der Waals surface area contributed by atoms with E-state index in [1.54, 1.807) is 6.20 Å². The molecule has 1 aromatic carbocycles. The van der Waals surface area contributed by atoms with Crippen LogP contribution in [0.5, 0.6) is 0 Å². The summed E-state index contributed by atoms with van der Waals surface area (Å²) < 4.78 is 1.91. The Morgan fingerprint density at radius 3 is 2.38 bits per heavy atom. The molecule has 0 aliphatic heterocycles. The molecule has 2 rings (SSSR count). The summed E-state index contributed by atoms with van der Waals surface area (Å²) in [6.45, 7) is 7.35. The molecule has 0 aliphatic carbocycles. The molecule has 3 nitrogen and oxygen atoms in total. The van der Waals surface area contributed by atoms with Crippen LogP contribution in [0.4, 0.5) is 0 Å². The second kappa shape index (κ2) is 7.10. The van der Waals surface area contributed by atoms with Crippen molar-refractivity contribution in [2.45, 2.75) is 39.8 Å².